The number of rotatable bonds is 4. The summed E-state index contributed by atoms with van der Waals surface area (Å²) in [4.78, 5) is 14.7. The molecule has 21 heavy (non-hydrogen) atoms. The number of likely N-dealkylation sites (tertiary alicyclic amines) is 1. The Balaban J connectivity index is 2.01. The van der Waals surface area contributed by atoms with Crippen molar-refractivity contribution in [3.05, 3.63) is 34.4 Å². The average Bonchev–Trinajstić information content (AvgIpc) is 2.45. The van der Waals surface area contributed by atoms with Gasteiger partial charge >= 0.3 is 0 Å². The molecule has 1 aromatic carbocycles. The fourth-order valence-corrected chi connectivity index (χ4v) is 3.73. The summed E-state index contributed by atoms with van der Waals surface area (Å²) in [7, 11) is 0. The van der Waals surface area contributed by atoms with Crippen LogP contribution in [-0.2, 0) is 11.2 Å². The zero-order valence-electron chi connectivity index (χ0n) is 14.0. The van der Waals surface area contributed by atoms with E-state index in [1.54, 1.807) is 0 Å². The van der Waals surface area contributed by atoms with E-state index >= 15 is 0 Å². The molecular weight excluding hydrogens is 258 g/mol. The van der Waals surface area contributed by atoms with Gasteiger partial charge in [0, 0.05) is 19.0 Å². The van der Waals surface area contributed by atoms with Crippen LogP contribution in [0.3, 0.4) is 0 Å². The van der Waals surface area contributed by atoms with E-state index in [-0.39, 0.29) is 0 Å². The third-order valence-electron chi connectivity index (χ3n) is 4.85. The monoisotopic (exact) mass is 287 g/mol. The highest BCUT2D eigenvalue weighted by Crippen LogP contribution is 2.22. The lowest BCUT2D eigenvalue weighted by Crippen LogP contribution is -2.43. The third kappa shape index (κ3) is 3.87. The second kappa shape index (κ2) is 7.11. The summed E-state index contributed by atoms with van der Waals surface area (Å²) in [6.45, 7) is 9.62. The van der Waals surface area contributed by atoms with Crippen LogP contribution in [0.1, 0.15) is 61.3 Å². The first kappa shape index (κ1) is 16.1. The van der Waals surface area contributed by atoms with Gasteiger partial charge in [-0.3, -0.25) is 4.79 Å². The Hall–Kier alpha value is -1.31. The van der Waals surface area contributed by atoms with Crippen LogP contribution in [-0.4, -0.2) is 23.4 Å². The first-order valence-corrected chi connectivity index (χ1v) is 8.39. The largest absolute Gasteiger partial charge is 0.340 e. The Kier molecular flexibility index (Phi) is 5.44. The fraction of sp³-hybridized carbons (Fsp3) is 0.632. The lowest BCUT2D eigenvalue weighted by Gasteiger charge is -2.35. The smallest absolute Gasteiger partial charge is 0.223 e. The van der Waals surface area contributed by atoms with Crippen LogP contribution < -0.4 is 0 Å². The van der Waals surface area contributed by atoms with Gasteiger partial charge in [-0.15, -0.1) is 0 Å². The summed E-state index contributed by atoms with van der Waals surface area (Å²) >= 11 is 0. The number of hydrogen-bond acceptors (Lipinski definition) is 1. The second-order valence-corrected chi connectivity index (χ2v) is 6.52. The number of piperidine rings is 1. The van der Waals surface area contributed by atoms with E-state index in [1.165, 1.54) is 41.5 Å². The highest BCUT2D eigenvalue weighted by Gasteiger charge is 2.24. The Bertz CT molecular complexity index is 483. The minimum atomic E-state index is 0.348. The van der Waals surface area contributed by atoms with E-state index in [4.69, 9.17) is 0 Å². The molecule has 0 aromatic heterocycles. The van der Waals surface area contributed by atoms with E-state index in [0.29, 0.717) is 18.4 Å². The Morgan fingerprint density at radius 3 is 2.48 bits per heavy atom. The maximum atomic E-state index is 12.6. The lowest BCUT2D eigenvalue weighted by atomic mass is 9.95. The van der Waals surface area contributed by atoms with Crippen molar-refractivity contribution in [3.63, 3.8) is 0 Å². The molecule has 2 rings (SSSR count). The predicted molar refractivity (Wildman–Crippen MR) is 88.6 cm³/mol. The molecular formula is C19H29NO. The summed E-state index contributed by atoms with van der Waals surface area (Å²) in [5, 5.41) is 0. The number of carbonyl (C=O) groups is 1. The Morgan fingerprint density at radius 1 is 1.19 bits per heavy atom. The van der Waals surface area contributed by atoms with Gasteiger partial charge in [0.25, 0.3) is 0 Å². The molecule has 2 nitrogen and oxygen atoms in total. The van der Waals surface area contributed by atoms with Crippen LogP contribution in [0, 0.1) is 20.8 Å². The van der Waals surface area contributed by atoms with Crippen molar-refractivity contribution in [2.45, 2.75) is 72.3 Å². The van der Waals surface area contributed by atoms with Gasteiger partial charge in [-0.25, -0.2) is 0 Å². The van der Waals surface area contributed by atoms with Gasteiger partial charge in [0.05, 0.1) is 0 Å². The van der Waals surface area contributed by atoms with Gasteiger partial charge in [-0.2, -0.15) is 0 Å². The molecule has 0 bridgehead atoms. The van der Waals surface area contributed by atoms with Gasteiger partial charge in [0.1, 0.15) is 0 Å². The number of benzene rings is 1. The summed E-state index contributed by atoms with van der Waals surface area (Å²) in [6.07, 6.45) is 6.26. The molecule has 1 amide bonds. The first-order valence-electron chi connectivity index (χ1n) is 8.39. The van der Waals surface area contributed by atoms with Crippen molar-refractivity contribution >= 4 is 5.91 Å². The molecule has 0 unspecified atom stereocenters. The predicted octanol–water partition coefficient (Wildman–Crippen LogP) is 4.34. The molecule has 1 aromatic rings. The zero-order valence-corrected chi connectivity index (χ0v) is 14.0. The number of carbonyl (C=O) groups excluding carboxylic acids is 1. The summed E-state index contributed by atoms with van der Waals surface area (Å²) < 4.78 is 0. The number of aryl methyl sites for hydroxylation is 3. The molecule has 1 saturated heterocycles. The molecule has 0 radical (unpaired) electrons. The van der Waals surface area contributed by atoms with Crippen LogP contribution in [0.5, 0.6) is 0 Å². The van der Waals surface area contributed by atoms with Crippen molar-refractivity contribution < 1.29 is 4.79 Å². The standard InChI is InChI=1S/C19H29NO/c1-5-17-8-6-7-11-20(17)19(21)10-9-18-15(3)12-14(2)13-16(18)4/h12-13,17H,5-11H2,1-4H3/t17-/m0/s1. The van der Waals surface area contributed by atoms with Crippen molar-refractivity contribution in [2.75, 3.05) is 6.54 Å². The molecule has 0 N–H and O–H groups in total. The summed E-state index contributed by atoms with van der Waals surface area (Å²) in [6, 6.07) is 4.93. The van der Waals surface area contributed by atoms with E-state index < -0.39 is 0 Å². The summed E-state index contributed by atoms with van der Waals surface area (Å²) in [5.41, 5.74) is 5.32. The van der Waals surface area contributed by atoms with Crippen molar-refractivity contribution in [3.8, 4) is 0 Å². The first-order chi connectivity index (χ1) is 10.0. The Morgan fingerprint density at radius 2 is 1.86 bits per heavy atom. The molecule has 1 aliphatic heterocycles. The highest BCUT2D eigenvalue weighted by molar-refractivity contribution is 5.77. The van der Waals surface area contributed by atoms with Crippen LogP contribution in [0.4, 0.5) is 0 Å². The molecule has 0 saturated carbocycles. The number of nitrogens with zero attached hydrogens (tertiary/aromatic N) is 1. The molecule has 0 spiro atoms. The van der Waals surface area contributed by atoms with Gasteiger partial charge in [-0.05, 0) is 69.6 Å². The molecule has 0 aliphatic carbocycles. The maximum Gasteiger partial charge on any atom is 0.223 e. The highest BCUT2D eigenvalue weighted by atomic mass is 16.2. The van der Waals surface area contributed by atoms with E-state index in [1.807, 2.05) is 0 Å². The minimum absolute atomic E-state index is 0.348. The fourth-order valence-electron chi connectivity index (χ4n) is 3.73. The average molecular weight is 287 g/mol. The second-order valence-electron chi connectivity index (χ2n) is 6.52. The number of hydrogen-bond donors (Lipinski definition) is 0. The summed E-state index contributed by atoms with van der Waals surface area (Å²) in [5.74, 6) is 0.348. The van der Waals surface area contributed by atoms with Gasteiger partial charge in [0.15, 0.2) is 0 Å². The minimum Gasteiger partial charge on any atom is -0.340 e. The van der Waals surface area contributed by atoms with Crippen LogP contribution >= 0.6 is 0 Å². The normalized spacial score (nSPS) is 18.9. The Labute approximate surface area is 129 Å². The zero-order chi connectivity index (χ0) is 15.4. The van der Waals surface area contributed by atoms with E-state index in [9.17, 15) is 4.79 Å². The van der Waals surface area contributed by atoms with Gasteiger partial charge < -0.3 is 4.90 Å². The third-order valence-corrected chi connectivity index (χ3v) is 4.85. The topological polar surface area (TPSA) is 20.3 Å². The van der Waals surface area contributed by atoms with Crippen LogP contribution in [0.2, 0.25) is 0 Å². The molecule has 1 atom stereocenters. The van der Waals surface area contributed by atoms with Gasteiger partial charge in [0.2, 0.25) is 5.91 Å². The van der Waals surface area contributed by atoms with Gasteiger partial charge in [-0.1, -0.05) is 24.6 Å². The van der Waals surface area contributed by atoms with E-state index in [0.717, 1.165) is 19.4 Å². The van der Waals surface area contributed by atoms with Crippen molar-refractivity contribution in [1.82, 2.24) is 4.90 Å². The maximum absolute atomic E-state index is 12.6. The molecule has 1 heterocycles. The molecule has 116 valence electrons. The van der Waals surface area contributed by atoms with Crippen molar-refractivity contribution in [1.29, 1.82) is 0 Å². The van der Waals surface area contributed by atoms with Crippen LogP contribution in [0.15, 0.2) is 12.1 Å². The van der Waals surface area contributed by atoms with Crippen LogP contribution in [0.25, 0.3) is 0 Å². The number of amides is 1. The quantitative estimate of drug-likeness (QED) is 0.807. The molecule has 1 fully saturated rings. The lowest BCUT2D eigenvalue weighted by molar-refractivity contribution is -0.134. The SMILES string of the molecule is CC[C@H]1CCCCN1C(=O)CCc1c(C)cc(C)cc1C. The molecule has 1 aliphatic rings. The van der Waals surface area contributed by atoms with Crippen molar-refractivity contribution in [2.24, 2.45) is 0 Å². The molecule has 2 heteroatoms. The van der Waals surface area contributed by atoms with E-state index in [2.05, 4.69) is 44.7 Å².